The van der Waals surface area contributed by atoms with Crippen LogP contribution in [-0.2, 0) is 23.6 Å². The van der Waals surface area contributed by atoms with Gasteiger partial charge in [0.1, 0.15) is 6.04 Å². The second kappa shape index (κ2) is 7.91. The van der Waals surface area contributed by atoms with E-state index in [0.29, 0.717) is 6.07 Å². The van der Waals surface area contributed by atoms with Gasteiger partial charge < -0.3 is 10.4 Å². The fraction of sp³-hybridized carbons (Fsp3) is 0.222. The van der Waals surface area contributed by atoms with E-state index in [1.165, 1.54) is 6.07 Å². The van der Waals surface area contributed by atoms with Crippen LogP contribution in [0.3, 0.4) is 0 Å². The third-order valence-electron chi connectivity index (χ3n) is 3.75. The first-order valence-corrected chi connectivity index (χ1v) is 7.75. The molecule has 0 unspecified atom stereocenters. The lowest BCUT2D eigenvalue weighted by molar-refractivity contribution is -0.139. The molecule has 0 aliphatic rings. The first kappa shape index (κ1) is 21.3. The number of nitrogens with one attached hydrogen (secondary N) is 1. The zero-order chi connectivity index (χ0) is 21.1. The largest absolute Gasteiger partial charge is 0.480 e. The molecule has 0 saturated heterocycles. The monoisotopic (exact) mass is 405 g/mol. The van der Waals surface area contributed by atoms with Gasteiger partial charge in [-0.25, -0.2) is 4.79 Å². The molecule has 10 heteroatoms. The van der Waals surface area contributed by atoms with Gasteiger partial charge in [0, 0.05) is 12.0 Å². The van der Waals surface area contributed by atoms with Crippen LogP contribution in [0.4, 0.5) is 26.3 Å². The Morgan fingerprint density at radius 3 is 1.96 bits per heavy atom. The summed E-state index contributed by atoms with van der Waals surface area (Å²) in [7, 11) is 0. The Morgan fingerprint density at radius 1 is 0.893 bits per heavy atom. The minimum absolute atomic E-state index is 0.00781. The summed E-state index contributed by atoms with van der Waals surface area (Å²) in [5.41, 5.74) is -2.51. The van der Waals surface area contributed by atoms with Crippen molar-refractivity contribution in [3.63, 3.8) is 0 Å². The highest BCUT2D eigenvalue weighted by molar-refractivity contribution is 5.96. The van der Waals surface area contributed by atoms with Gasteiger partial charge in [-0.2, -0.15) is 26.3 Å². The van der Waals surface area contributed by atoms with Gasteiger partial charge in [-0.15, -0.1) is 0 Å². The molecule has 0 fully saturated rings. The second-order valence-corrected chi connectivity index (χ2v) is 5.85. The molecular weight excluding hydrogens is 392 g/mol. The number of carboxylic acid groups (broad SMARTS) is 1. The topological polar surface area (TPSA) is 66.4 Å². The van der Waals surface area contributed by atoms with Crippen LogP contribution in [-0.4, -0.2) is 23.0 Å². The number of benzene rings is 2. The van der Waals surface area contributed by atoms with Crippen LogP contribution in [0.25, 0.3) is 0 Å². The van der Waals surface area contributed by atoms with Crippen molar-refractivity contribution in [1.29, 1.82) is 0 Å². The summed E-state index contributed by atoms with van der Waals surface area (Å²) in [6, 6.07) is 5.60. The number of hydrogen-bond donors (Lipinski definition) is 2. The molecule has 2 rings (SSSR count). The molecule has 2 N–H and O–H groups in total. The first-order chi connectivity index (χ1) is 12.9. The number of amides is 1. The van der Waals surface area contributed by atoms with Gasteiger partial charge >= 0.3 is 18.3 Å². The van der Waals surface area contributed by atoms with Crippen molar-refractivity contribution in [2.75, 3.05) is 0 Å². The summed E-state index contributed by atoms with van der Waals surface area (Å²) in [5.74, 6) is -2.64. The number of aliphatic carboxylic acids is 1. The van der Waals surface area contributed by atoms with Crippen molar-refractivity contribution in [2.24, 2.45) is 0 Å². The molecule has 0 aromatic heterocycles. The summed E-state index contributed by atoms with van der Waals surface area (Å²) in [5, 5.41) is 11.3. The summed E-state index contributed by atoms with van der Waals surface area (Å²) in [6.07, 6.45) is -9.81. The number of carbonyl (C=O) groups excluding carboxylic acids is 1. The molecule has 0 spiro atoms. The van der Waals surface area contributed by atoms with Gasteiger partial charge in [0.15, 0.2) is 0 Å². The molecule has 2 aromatic rings. The minimum atomic E-state index is -4.69. The van der Waals surface area contributed by atoms with Gasteiger partial charge in [0.05, 0.1) is 11.1 Å². The van der Waals surface area contributed by atoms with Crippen molar-refractivity contribution < 1.29 is 41.0 Å². The Labute approximate surface area is 154 Å². The fourth-order valence-corrected chi connectivity index (χ4v) is 2.39. The summed E-state index contributed by atoms with van der Waals surface area (Å²) < 4.78 is 76.4. The maximum atomic E-state index is 12.8. The number of carbonyl (C=O) groups is 2. The highest BCUT2D eigenvalue weighted by Gasteiger charge is 2.32. The highest BCUT2D eigenvalue weighted by Crippen LogP contribution is 2.30. The molecule has 28 heavy (non-hydrogen) atoms. The second-order valence-electron chi connectivity index (χ2n) is 5.85. The van der Waals surface area contributed by atoms with E-state index < -0.39 is 53.4 Å². The van der Waals surface area contributed by atoms with E-state index in [2.05, 4.69) is 0 Å². The van der Waals surface area contributed by atoms with Crippen molar-refractivity contribution >= 4 is 11.9 Å². The Hall–Kier alpha value is -3.04. The number of hydrogen-bond acceptors (Lipinski definition) is 2. The van der Waals surface area contributed by atoms with Crippen molar-refractivity contribution in [3.8, 4) is 0 Å². The van der Waals surface area contributed by atoms with E-state index in [-0.39, 0.29) is 5.56 Å². The lowest BCUT2D eigenvalue weighted by atomic mass is 10.0. The average molecular weight is 405 g/mol. The van der Waals surface area contributed by atoms with E-state index in [9.17, 15) is 41.0 Å². The van der Waals surface area contributed by atoms with Gasteiger partial charge in [0.2, 0.25) is 0 Å². The molecule has 0 radical (unpaired) electrons. The quantitative estimate of drug-likeness (QED) is 0.735. The van der Waals surface area contributed by atoms with E-state index in [1.54, 1.807) is 0 Å². The molecule has 150 valence electrons. The van der Waals surface area contributed by atoms with Crippen LogP contribution >= 0.6 is 0 Å². The Morgan fingerprint density at radius 2 is 1.43 bits per heavy atom. The molecule has 0 saturated carbocycles. The summed E-state index contributed by atoms with van der Waals surface area (Å²) in [6.45, 7) is 0. The number of rotatable bonds is 5. The van der Waals surface area contributed by atoms with Gasteiger partial charge in [0.25, 0.3) is 5.91 Å². The summed E-state index contributed by atoms with van der Waals surface area (Å²) in [4.78, 5) is 23.5. The van der Waals surface area contributed by atoms with Crippen LogP contribution in [0, 0.1) is 0 Å². The molecule has 4 nitrogen and oxygen atoms in total. The molecule has 0 heterocycles. The number of carboxylic acids is 1. The lowest BCUT2D eigenvalue weighted by Gasteiger charge is -2.16. The Kier molecular flexibility index (Phi) is 6.01. The maximum Gasteiger partial charge on any atom is 0.416 e. The van der Waals surface area contributed by atoms with Crippen LogP contribution in [0.15, 0.2) is 48.5 Å². The Balaban J connectivity index is 2.20. The van der Waals surface area contributed by atoms with E-state index in [0.717, 1.165) is 36.4 Å². The first-order valence-electron chi connectivity index (χ1n) is 7.75. The zero-order valence-electron chi connectivity index (χ0n) is 13.9. The molecule has 1 amide bonds. The van der Waals surface area contributed by atoms with Crippen molar-refractivity contribution in [2.45, 2.75) is 24.8 Å². The van der Waals surface area contributed by atoms with Crippen LogP contribution in [0.2, 0.25) is 0 Å². The predicted octanol–water partition coefficient (Wildman–Crippen LogP) is 4.15. The number of halogens is 6. The zero-order valence-corrected chi connectivity index (χ0v) is 13.9. The molecular formula is C18H13F6NO3. The minimum Gasteiger partial charge on any atom is -0.480 e. The normalized spacial score (nSPS) is 13.1. The van der Waals surface area contributed by atoms with E-state index in [4.69, 9.17) is 0 Å². The third-order valence-corrected chi connectivity index (χ3v) is 3.75. The third kappa shape index (κ3) is 5.48. The Bertz CT molecular complexity index is 876. The predicted molar refractivity (Wildman–Crippen MR) is 85.5 cm³/mol. The van der Waals surface area contributed by atoms with Gasteiger partial charge in [-0.3, -0.25) is 4.79 Å². The molecule has 0 bridgehead atoms. The van der Waals surface area contributed by atoms with Crippen LogP contribution < -0.4 is 5.32 Å². The molecule has 0 aliphatic heterocycles. The van der Waals surface area contributed by atoms with Crippen molar-refractivity contribution in [1.82, 2.24) is 5.32 Å². The van der Waals surface area contributed by atoms with E-state index in [1.807, 2.05) is 5.32 Å². The smallest absolute Gasteiger partial charge is 0.416 e. The average Bonchev–Trinajstić information content (AvgIpc) is 2.60. The van der Waals surface area contributed by atoms with Crippen LogP contribution in [0.5, 0.6) is 0 Å². The molecule has 1 atom stereocenters. The summed E-state index contributed by atoms with van der Waals surface area (Å²) >= 11 is 0. The van der Waals surface area contributed by atoms with Gasteiger partial charge in [-0.1, -0.05) is 24.3 Å². The molecule has 2 aromatic carbocycles. The maximum absolute atomic E-state index is 12.8. The molecule has 0 aliphatic carbocycles. The standard InChI is InChI=1S/C18H13F6NO3/c19-17(20,21)12-5-1-3-10(7-12)8-14(16(27)28)25-15(26)11-4-2-6-13(9-11)18(22,23)24/h1-7,9,14H,8H2,(H,25,26)(H,27,28)/t14-/m1/s1. The SMILES string of the molecule is O=C(N[C@H](Cc1cccc(C(F)(F)F)c1)C(=O)O)c1cccc(C(F)(F)F)c1. The van der Waals surface area contributed by atoms with Crippen molar-refractivity contribution in [3.05, 3.63) is 70.8 Å². The van der Waals surface area contributed by atoms with Crippen LogP contribution in [0.1, 0.15) is 27.0 Å². The lowest BCUT2D eigenvalue weighted by Crippen LogP contribution is -2.42. The highest BCUT2D eigenvalue weighted by atomic mass is 19.4. The van der Waals surface area contributed by atoms with E-state index >= 15 is 0 Å². The number of alkyl halides is 6. The van der Waals surface area contributed by atoms with Gasteiger partial charge in [-0.05, 0) is 29.8 Å². The fourth-order valence-electron chi connectivity index (χ4n) is 2.39.